The Labute approximate surface area is 150 Å². The van der Waals surface area contributed by atoms with Gasteiger partial charge in [0.2, 0.25) is 0 Å². The summed E-state index contributed by atoms with van der Waals surface area (Å²) in [4.78, 5) is 14.9. The maximum Gasteiger partial charge on any atom is 0.318 e. The summed E-state index contributed by atoms with van der Waals surface area (Å²) >= 11 is 0. The van der Waals surface area contributed by atoms with Gasteiger partial charge in [0.15, 0.2) is 0 Å². The maximum atomic E-state index is 12.9. The van der Waals surface area contributed by atoms with Gasteiger partial charge in [-0.3, -0.25) is 5.10 Å². The van der Waals surface area contributed by atoms with Gasteiger partial charge in [-0.1, -0.05) is 0 Å². The number of likely N-dealkylation sites (tertiary alicyclic amines) is 1. The minimum atomic E-state index is 0.0794. The molecule has 6 heteroatoms. The van der Waals surface area contributed by atoms with Gasteiger partial charge in [0.05, 0.1) is 23.9 Å². The third-order valence-electron chi connectivity index (χ3n) is 5.50. The van der Waals surface area contributed by atoms with Gasteiger partial charge >= 0.3 is 6.03 Å². The van der Waals surface area contributed by atoms with Crippen molar-refractivity contribution in [2.75, 3.05) is 6.54 Å². The van der Waals surface area contributed by atoms with E-state index in [1.165, 1.54) is 5.56 Å². The third kappa shape index (κ3) is 4.17. The molecule has 1 saturated heterocycles. The lowest BCUT2D eigenvalue weighted by molar-refractivity contribution is -0.0158. The van der Waals surface area contributed by atoms with Crippen LogP contribution < -0.4 is 5.32 Å². The molecule has 140 valence electrons. The number of carbonyl (C=O) groups excluding carboxylic acids is 1. The van der Waals surface area contributed by atoms with E-state index in [0.29, 0.717) is 6.10 Å². The summed E-state index contributed by atoms with van der Waals surface area (Å²) in [5.74, 6) is 0. The Morgan fingerprint density at radius 1 is 1.24 bits per heavy atom. The van der Waals surface area contributed by atoms with Crippen LogP contribution in [0.4, 0.5) is 4.79 Å². The van der Waals surface area contributed by atoms with Crippen LogP contribution in [0.1, 0.15) is 75.4 Å². The van der Waals surface area contributed by atoms with E-state index in [-0.39, 0.29) is 24.2 Å². The topological polar surface area (TPSA) is 70.2 Å². The Morgan fingerprint density at radius 3 is 2.56 bits per heavy atom. The van der Waals surface area contributed by atoms with Gasteiger partial charge in [0, 0.05) is 23.8 Å². The highest BCUT2D eigenvalue weighted by molar-refractivity contribution is 5.75. The first-order valence-corrected chi connectivity index (χ1v) is 9.69. The number of aromatic amines is 1. The number of rotatable bonds is 4. The lowest BCUT2D eigenvalue weighted by Crippen LogP contribution is -2.46. The molecule has 1 aromatic rings. The second kappa shape index (κ2) is 7.77. The highest BCUT2D eigenvalue weighted by Gasteiger charge is 2.34. The van der Waals surface area contributed by atoms with Crippen LogP contribution in [-0.2, 0) is 4.74 Å². The van der Waals surface area contributed by atoms with Gasteiger partial charge in [-0.2, -0.15) is 5.10 Å². The van der Waals surface area contributed by atoms with Crippen LogP contribution in [0, 0.1) is 13.8 Å². The molecule has 1 atom stereocenters. The van der Waals surface area contributed by atoms with Gasteiger partial charge in [-0.05, 0) is 66.2 Å². The van der Waals surface area contributed by atoms with Crippen LogP contribution >= 0.6 is 0 Å². The summed E-state index contributed by atoms with van der Waals surface area (Å²) in [6, 6.07) is 0.502. The molecular formula is C19H32N4O2. The summed E-state index contributed by atoms with van der Waals surface area (Å²) in [7, 11) is 0. The summed E-state index contributed by atoms with van der Waals surface area (Å²) < 4.78 is 5.90. The molecule has 2 amide bonds. The fourth-order valence-corrected chi connectivity index (χ4v) is 4.35. The number of nitrogens with zero attached hydrogens (tertiary/aromatic N) is 2. The molecule has 2 heterocycles. The van der Waals surface area contributed by atoms with E-state index >= 15 is 0 Å². The highest BCUT2D eigenvalue weighted by atomic mass is 16.5. The number of aryl methyl sites for hydroxylation is 2. The van der Waals surface area contributed by atoms with Gasteiger partial charge in [-0.15, -0.1) is 0 Å². The van der Waals surface area contributed by atoms with Crippen LogP contribution in [0.3, 0.4) is 0 Å². The van der Waals surface area contributed by atoms with Crippen molar-refractivity contribution in [3.05, 3.63) is 17.0 Å². The first-order valence-electron chi connectivity index (χ1n) is 9.69. The SMILES string of the molecule is Cc1n[nH]c(C)c1[C@@H]1CCCN1C(=O)NC1CCC(OC(C)C)CC1. The summed E-state index contributed by atoms with van der Waals surface area (Å²) in [6.45, 7) is 9.05. The third-order valence-corrected chi connectivity index (χ3v) is 5.50. The normalized spacial score (nSPS) is 27.1. The van der Waals surface area contributed by atoms with E-state index in [1.807, 2.05) is 18.7 Å². The van der Waals surface area contributed by atoms with Gasteiger partial charge < -0.3 is 15.0 Å². The molecule has 0 aromatic carbocycles. The van der Waals surface area contributed by atoms with Crippen LogP contribution in [0.25, 0.3) is 0 Å². The van der Waals surface area contributed by atoms with E-state index in [0.717, 1.165) is 56.5 Å². The molecule has 0 unspecified atom stereocenters. The molecule has 0 radical (unpaired) electrons. The molecule has 3 rings (SSSR count). The largest absolute Gasteiger partial charge is 0.376 e. The first kappa shape index (κ1) is 18.2. The number of hydrogen-bond acceptors (Lipinski definition) is 3. The molecule has 1 saturated carbocycles. The molecule has 1 aromatic heterocycles. The minimum Gasteiger partial charge on any atom is -0.376 e. The van der Waals surface area contributed by atoms with Crippen LogP contribution in [0.15, 0.2) is 0 Å². The van der Waals surface area contributed by atoms with Crippen molar-refractivity contribution in [2.45, 2.75) is 90.5 Å². The van der Waals surface area contributed by atoms with Crippen molar-refractivity contribution in [3.8, 4) is 0 Å². The average molecular weight is 348 g/mol. The van der Waals surface area contributed by atoms with E-state index in [1.54, 1.807) is 0 Å². The van der Waals surface area contributed by atoms with Crippen molar-refractivity contribution in [1.82, 2.24) is 20.4 Å². The first-order chi connectivity index (χ1) is 12.0. The molecule has 0 bridgehead atoms. The second-order valence-corrected chi connectivity index (χ2v) is 7.81. The molecule has 6 nitrogen and oxygen atoms in total. The number of ether oxygens (including phenoxy) is 1. The van der Waals surface area contributed by atoms with Crippen LogP contribution in [-0.4, -0.2) is 45.9 Å². The molecule has 1 aliphatic heterocycles. The molecule has 1 aliphatic carbocycles. The zero-order valence-corrected chi connectivity index (χ0v) is 16.0. The predicted octanol–water partition coefficient (Wildman–Crippen LogP) is 3.61. The van der Waals surface area contributed by atoms with E-state index in [2.05, 4.69) is 29.4 Å². The molecule has 25 heavy (non-hydrogen) atoms. The van der Waals surface area contributed by atoms with E-state index < -0.39 is 0 Å². The predicted molar refractivity (Wildman–Crippen MR) is 97.5 cm³/mol. The quantitative estimate of drug-likeness (QED) is 0.873. The summed E-state index contributed by atoms with van der Waals surface area (Å²) in [5, 5.41) is 10.6. The van der Waals surface area contributed by atoms with Crippen molar-refractivity contribution >= 4 is 6.03 Å². The number of nitrogens with one attached hydrogen (secondary N) is 2. The van der Waals surface area contributed by atoms with E-state index in [9.17, 15) is 4.79 Å². The second-order valence-electron chi connectivity index (χ2n) is 7.81. The lowest BCUT2D eigenvalue weighted by Gasteiger charge is -2.33. The number of amides is 2. The Hall–Kier alpha value is -1.56. The number of aromatic nitrogens is 2. The summed E-state index contributed by atoms with van der Waals surface area (Å²) in [5.41, 5.74) is 3.28. The fraction of sp³-hybridized carbons (Fsp3) is 0.789. The number of carbonyl (C=O) groups is 1. The van der Waals surface area contributed by atoms with Gasteiger partial charge in [0.1, 0.15) is 0 Å². The highest BCUT2D eigenvalue weighted by Crippen LogP contribution is 2.35. The zero-order valence-electron chi connectivity index (χ0n) is 16.0. The molecule has 0 spiro atoms. The smallest absolute Gasteiger partial charge is 0.318 e. The van der Waals surface area contributed by atoms with E-state index in [4.69, 9.17) is 4.74 Å². The monoisotopic (exact) mass is 348 g/mol. The Bertz CT molecular complexity index is 571. The maximum absolute atomic E-state index is 12.9. The van der Waals surface area contributed by atoms with Crippen molar-refractivity contribution in [3.63, 3.8) is 0 Å². The minimum absolute atomic E-state index is 0.0794. The Balaban J connectivity index is 1.56. The standard InChI is InChI=1S/C19H32N4O2/c1-12(2)25-16-9-7-15(8-10-16)20-19(24)23-11-5-6-17(23)18-13(3)21-22-14(18)4/h12,15-17H,5-11H2,1-4H3,(H,20,24)(H,21,22)/t15?,16?,17-/m0/s1. The van der Waals surface area contributed by atoms with Crippen molar-refractivity contribution in [1.29, 1.82) is 0 Å². The lowest BCUT2D eigenvalue weighted by atomic mass is 9.93. The zero-order chi connectivity index (χ0) is 18.0. The number of hydrogen-bond donors (Lipinski definition) is 2. The van der Waals surface area contributed by atoms with Crippen molar-refractivity contribution < 1.29 is 9.53 Å². The van der Waals surface area contributed by atoms with Gasteiger partial charge in [0.25, 0.3) is 0 Å². The summed E-state index contributed by atoms with van der Waals surface area (Å²) in [6.07, 6.45) is 6.78. The Kier molecular flexibility index (Phi) is 5.67. The molecule has 2 aliphatic rings. The Morgan fingerprint density at radius 2 is 1.96 bits per heavy atom. The number of H-pyrrole nitrogens is 1. The van der Waals surface area contributed by atoms with Crippen LogP contribution in [0.5, 0.6) is 0 Å². The fourth-order valence-electron chi connectivity index (χ4n) is 4.35. The van der Waals surface area contributed by atoms with Crippen LogP contribution in [0.2, 0.25) is 0 Å². The molecule has 2 N–H and O–H groups in total. The molecular weight excluding hydrogens is 316 g/mol. The van der Waals surface area contributed by atoms with Crippen molar-refractivity contribution in [2.24, 2.45) is 0 Å². The number of urea groups is 1. The average Bonchev–Trinajstić information content (AvgIpc) is 3.15. The molecule has 2 fully saturated rings. The van der Waals surface area contributed by atoms with Gasteiger partial charge in [-0.25, -0.2) is 4.79 Å².